The molecule has 0 saturated heterocycles. The Bertz CT molecular complexity index is 952. The Hall–Kier alpha value is -2.86. The normalized spacial score (nSPS) is 13.6. The molecule has 6 nitrogen and oxygen atoms in total. The van der Waals surface area contributed by atoms with Crippen LogP contribution in [0.1, 0.15) is 82.8 Å². The van der Waals surface area contributed by atoms with E-state index in [1.54, 1.807) is 0 Å². The summed E-state index contributed by atoms with van der Waals surface area (Å²) < 4.78 is 10.9. The molecule has 6 heteroatoms. The van der Waals surface area contributed by atoms with E-state index in [1.165, 1.54) is 29.4 Å². The number of rotatable bonds is 14. The highest BCUT2D eigenvalue weighted by Crippen LogP contribution is 2.44. The minimum absolute atomic E-state index is 0.0245. The van der Waals surface area contributed by atoms with Crippen LogP contribution in [0.15, 0.2) is 48.5 Å². The van der Waals surface area contributed by atoms with Gasteiger partial charge in [-0.2, -0.15) is 0 Å². The molecule has 3 rings (SSSR count). The first kappa shape index (κ1) is 27.7. The van der Waals surface area contributed by atoms with Crippen molar-refractivity contribution in [2.75, 3.05) is 20.3 Å². The summed E-state index contributed by atoms with van der Waals surface area (Å²) in [6.45, 7) is 7.02. The van der Waals surface area contributed by atoms with Gasteiger partial charge >= 0.3 is 12.1 Å². The van der Waals surface area contributed by atoms with Crippen LogP contribution < -0.4 is 10.6 Å². The predicted molar refractivity (Wildman–Crippen MR) is 144 cm³/mol. The number of esters is 1. The Labute approximate surface area is 216 Å². The SMILES string of the molecule is CCCCC(CCCC)(NC[C@H](CC)NC(=O)OCC1c2ccccc2-c2ccccc21)C(=O)OC. The number of nitrogens with one attached hydrogen (secondary N) is 2. The second-order valence-corrected chi connectivity index (χ2v) is 9.74. The Morgan fingerprint density at radius 3 is 1.97 bits per heavy atom. The molecule has 0 aliphatic heterocycles. The molecule has 2 aromatic rings. The smallest absolute Gasteiger partial charge is 0.407 e. The number of fused-ring (bicyclic) bond motifs is 3. The van der Waals surface area contributed by atoms with Crippen molar-refractivity contribution in [1.82, 2.24) is 10.6 Å². The van der Waals surface area contributed by atoms with Crippen LogP contribution in [-0.2, 0) is 14.3 Å². The average Bonchev–Trinajstić information content (AvgIpc) is 3.24. The van der Waals surface area contributed by atoms with Gasteiger partial charge in [0.1, 0.15) is 12.1 Å². The standard InChI is InChI=1S/C30H42N2O4/c1-5-8-18-30(19-9-6-2,28(33)35-4)31-20-22(7-3)32-29(34)36-21-27-25-16-12-10-14-23(25)24-15-11-13-17-26(24)27/h10-17,22,27,31H,5-9,18-21H2,1-4H3,(H,32,34)/t22-/m0/s1. The van der Waals surface area contributed by atoms with E-state index in [0.717, 1.165) is 44.9 Å². The van der Waals surface area contributed by atoms with Crippen molar-refractivity contribution in [3.05, 3.63) is 59.7 Å². The molecule has 0 spiro atoms. The number of hydrogen-bond acceptors (Lipinski definition) is 5. The van der Waals surface area contributed by atoms with E-state index >= 15 is 0 Å². The molecule has 1 aliphatic rings. The molecule has 0 fully saturated rings. The van der Waals surface area contributed by atoms with Crippen LogP contribution in [0.5, 0.6) is 0 Å². The third kappa shape index (κ3) is 6.47. The Morgan fingerprint density at radius 1 is 0.917 bits per heavy atom. The Balaban J connectivity index is 1.61. The molecule has 0 bridgehead atoms. The van der Waals surface area contributed by atoms with Crippen LogP contribution >= 0.6 is 0 Å². The number of carbonyl (C=O) groups excluding carboxylic acids is 2. The third-order valence-electron chi connectivity index (χ3n) is 7.34. The van der Waals surface area contributed by atoms with E-state index in [4.69, 9.17) is 9.47 Å². The second kappa shape index (κ2) is 13.4. The van der Waals surface area contributed by atoms with Crippen LogP contribution in [0.25, 0.3) is 11.1 Å². The maximum absolute atomic E-state index is 12.8. The molecular formula is C30H42N2O4. The summed E-state index contributed by atoms with van der Waals surface area (Å²) in [6, 6.07) is 16.4. The number of ether oxygens (including phenoxy) is 2. The van der Waals surface area contributed by atoms with E-state index in [2.05, 4.69) is 48.7 Å². The molecule has 0 heterocycles. The summed E-state index contributed by atoms with van der Waals surface area (Å²) >= 11 is 0. The van der Waals surface area contributed by atoms with Crippen molar-refractivity contribution in [3.8, 4) is 11.1 Å². The lowest BCUT2D eigenvalue weighted by Crippen LogP contribution is -2.56. The summed E-state index contributed by atoms with van der Waals surface area (Å²) in [6.07, 6.45) is 5.59. The van der Waals surface area contributed by atoms with Gasteiger partial charge in [0, 0.05) is 18.5 Å². The molecule has 36 heavy (non-hydrogen) atoms. The monoisotopic (exact) mass is 494 g/mol. The van der Waals surface area contributed by atoms with Crippen LogP contribution in [0.2, 0.25) is 0 Å². The molecule has 0 saturated carbocycles. The Morgan fingerprint density at radius 2 is 1.47 bits per heavy atom. The molecule has 0 aromatic heterocycles. The summed E-state index contributed by atoms with van der Waals surface area (Å²) in [5, 5.41) is 6.49. The van der Waals surface area contributed by atoms with Gasteiger partial charge in [0.25, 0.3) is 0 Å². The molecule has 1 amide bonds. The average molecular weight is 495 g/mol. The number of benzene rings is 2. The lowest BCUT2D eigenvalue weighted by molar-refractivity contribution is -0.149. The van der Waals surface area contributed by atoms with Crippen LogP contribution in [-0.4, -0.2) is 43.9 Å². The molecule has 0 radical (unpaired) electrons. The molecular weight excluding hydrogens is 452 g/mol. The van der Waals surface area contributed by atoms with Gasteiger partial charge < -0.3 is 14.8 Å². The molecule has 1 atom stereocenters. The third-order valence-corrected chi connectivity index (χ3v) is 7.34. The fourth-order valence-electron chi connectivity index (χ4n) is 5.15. The summed E-state index contributed by atoms with van der Waals surface area (Å²) in [5.41, 5.74) is 4.06. The van der Waals surface area contributed by atoms with Crippen molar-refractivity contribution in [2.24, 2.45) is 0 Å². The molecule has 196 valence electrons. The summed E-state index contributed by atoms with van der Waals surface area (Å²) in [4.78, 5) is 25.6. The fourth-order valence-corrected chi connectivity index (χ4v) is 5.15. The lowest BCUT2D eigenvalue weighted by atomic mass is 9.86. The van der Waals surface area contributed by atoms with Gasteiger partial charge in [0.05, 0.1) is 7.11 Å². The highest BCUT2D eigenvalue weighted by Gasteiger charge is 2.38. The van der Waals surface area contributed by atoms with Gasteiger partial charge in [0.2, 0.25) is 0 Å². The van der Waals surface area contributed by atoms with Crippen molar-refractivity contribution in [3.63, 3.8) is 0 Å². The van der Waals surface area contributed by atoms with Gasteiger partial charge in [-0.1, -0.05) is 95.0 Å². The van der Waals surface area contributed by atoms with Crippen LogP contribution in [0, 0.1) is 0 Å². The number of unbranched alkanes of at least 4 members (excludes halogenated alkanes) is 2. The minimum Gasteiger partial charge on any atom is -0.468 e. The van der Waals surface area contributed by atoms with Crippen LogP contribution in [0.4, 0.5) is 4.79 Å². The minimum atomic E-state index is -0.725. The second-order valence-electron chi connectivity index (χ2n) is 9.74. The van der Waals surface area contributed by atoms with E-state index in [9.17, 15) is 9.59 Å². The molecule has 0 unspecified atom stereocenters. The predicted octanol–water partition coefficient (Wildman–Crippen LogP) is 6.19. The van der Waals surface area contributed by atoms with Gasteiger partial charge in [-0.25, -0.2) is 4.79 Å². The van der Waals surface area contributed by atoms with E-state index in [-0.39, 0.29) is 24.5 Å². The number of carbonyl (C=O) groups is 2. The zero-order valence-electron chi connectivity index (χ0n) is 22.3. The first-order chi connectivity index (χ1) is 17.5. The Kier molecular flexibility index (Phi) is 10.4. The maximum Gasteiger partial charge on any atom is 0.407 e. The van der Waals surface area contributed by atoms with Gasteiger partial charge in [-0.15, -0.1) is 0 Å². The topological polar surface area (TPSA) is 76.7 Å². The number of methoxy groups -OCH3 is 1. The van der Waals surface area contributed by atoms with E-state index in [1.807, 2.05) is 31.2 Å². The quantitative estimate of drug-likeness (QED) is 0.307. The van der Waals surface area contributed by atoms with Crippen molar-refractivity contribution in [2.45, 2.75) is 83.2 Å². The van der Waals surface area contributed by atoms with Crippen molar-refractivity contribution < 1.29 is 19.1 Å². The van der Waals surface area contributed by atoms with Gasteiger partial charge in [0.15, 0.2) is 0 Å². The van der Waals surface area contributed by atoms with E-state index < -0.39 is 11.6 Å². The molecule has 1 aliphatic carbocycles. The number of amides is 1. The zero-order chi connectivity index (χ0) is 26.0. The largest absolute Gasteiger partial charge is 0.468 e. The lowest BCUT2D eigenvalue weighted by Gasteiger charge is -2.34. The molecule has 2 aromatic carbocycles. The highest BCUT2D eigenvalue weighted by atomic mass is 16.5. The van der Waals surface area contributed by atoms with E-state index in [0.29, 0.717) is 6.54 Å². The first-order valence-corrected chi connectivity index (χ1v) is 13.4. The zero-order valence-corrected chi connectivity index (χ0v) is 22.3. The summed E-state index contributed by atoms with van der Waals surface area (Å²) in [5.74, 6) is -0.197. The van der Waals surface area contributed by atoms with Gasteiger partial charge in [-0.05, 0) is 41.5 Å². The fraction of sp³-hybridized carbons (Fsp3) is 0.533. The maximum atomic E-state index is 12.8. The summed E-state index contributed by atoms with van der Waals surface area (Å²) in [7, 11) is 1.45. The van der Waals surface area contributed by atoms with Crippen molar-refractivity contribution >= 4 is 12.1 Å². The van der Waals surface area contributed by atoms with Crippen molar-refractivity contribution in [1.29, 1.82) is 0 Å². The van der Waals surface area contributed by atoms with Gasteiger partial charge in [-0.3, -0.25) is 10.1 Å². The number of alkyl carbamates (subject to hydrolysis) is 1. The highest BCUT2D eigenvalue weighted by molar-refractivity contribution is 5.81. The van der Waals surface area contributed by atoms with Crippen LogP contribution in [0.3, 0.4) is 0 Å². The number of hydrogen-bond donors (Lipinski definition) is 2. The molecule has 2 N–H and O–H groups in total. The first-order valence-electron chi connectivity index (χ1n) is 13.4.